The van der Waals surface area contributed by atoms with Gasteiger partial charge in [-0.2, -0.15) is 0 Å². The molecule has 0 spiro atoms. The lowest BCUT2D eigenvalue weighted by Gasteiger charge is -2.13. The normalized spacial score (nSPS) is 17.8. The summed E-state index contributed by atoms with van der Waals surface area (Å²) >= 11 is 3.40. The Bertz CT molecular complexity index is 1170. The van der Waals surface area contributed by atoms with Crippen LogP contribution in [0.5, 0.6) is 5.75 Å². The topological polar surface area (TPSA) is 51.5 Å². The summed E-state index contributed by atoms with van der Waals surface area (Å²) in [4.78, 5) is 2.67. The molecule has 0 aliphatic carbocycles. The van der Waals surface area contributed by atoms with Gasteiger partial charge in [0.2, 0.25) is 0 Å². The minimum absolute atomic E-state index is 0.0547. The monoisotopic (exact) mass is 490 g/mol. The molecule has 0 saturated carbocycles. The predicted octanol–water partition coefficient (Wildman–Crippen LogP) is 5.24. The molecule has 1 unspecified atom stereocenters. The van der Waals surface area contributed by atoms with E-state index < -0.39 is 10.0 Å². The van der Waals surface area contributed by atoms with Crippen LogP contribution in [-0.2, 0) is 10.0 Å². The fourth-order valence-corrected chi connectivity index (χ4v) is 6.55. The Morgan fingerprint density at radius 3 is 2.63 bits per heavy atom. The largest absolute Gasteiger partial charge is 0.491 e. The average molecular weight is 491 g/mol. The zero-order valence-corrected chi connectivity index (χ0v) is 19.9. The molecule has 3 aromatic rings. The molecule has 7 heteroatoms. The number of nitrogens with zero attached hydrogens (tertiary/aromatic N) is 2. The van der Waals surface area contributed by atoms with Crippen molar-refractivity contribution in [2.75, 3.05) is 19.6 Å². The molecule has 2 heterocycles. The standard InChI is InChI=1S/C23H27BrN2O3S/c1-4-25-12-11-17(14-25)20-15-26(30(27,28)23-8-6-5-7-21(23)24)22-10-9-18(13-19(20)22)29-16(2)3/h5-10,13,15-17H,4,11-12,14H2,1-3H3. The maximum absolute atomic E-state index is 13.6. The van der Waals surface area contributed by atoms with Gasteiger partial charge in [-0.1, -0.05) is 19.1 Å². The molecule has 30 heavy (non-hydrogen) atoms. The fraction of sp³-hybridized carbons (Fsp3) is 0.391. The molecule has 4 rings (SSSR count). The molecule has 1 saturated heterocycles. The van der Waals surface area contributed by atoms with Crippen LogP contribution in [0.25, 0.3) is 10.9 Å². The molecule has 1 aliphatic rings. The third-order valence-electron chi connectivity index (χ3n) is 5.68. The summed E-state index contributed by atoms with van der Waals surface area (Å²) in [7, 11) is -3.74. The first-order valence-corrected chi connectivity index (χ1v) is 12.6. The number of benzene rings is 2. The summed E-state index contributed by atoms with van der Waals surface area (Å²) in [5, 5.41) is 0.951. The van der Waals surface area contributed by atoms with Gasteiger partial charge in [-0.15, -0.1) is 0 Å². The van der Waals surface area contributed by atoms with Gasteiger partial charge in [0.25, 0.3) is 10.0 Å². The molecule has 2 aromatic carbocycles. The number of aromatic nitrogens is 1. The molecule has 0 radical (unpaired) electrons. The van der Waals surface area contributed by atoms with E-state index in [0.29, 0.717) is 15.9 Å². The summed E-state index contributed by atoms with van der Waals surface area (Å²) in [5.41, 5.74) is 1.76. The molecule has 1 fully saturated rings. The average Bonchev–Trinajstić information content (AvgIpc) is 3.32. The van der Waals surface area contributed by atoms with Gasteiger partial charge in [0.1, 0.15) is 10.6 Å². The second-order valence-corrected chi connectivity index (χ2v) is 10.7. The van der Waals surface area contributed by atoms with Crippen molar-refractivity contribution in [3.8, 4) is 5.75 Å². The molecule has 160 valence electrons. The molecule has 0 bridgehead atoms. The molecular formula is C23H27BrN2O3S. The van der Waals surface area contributed by atoms with E-state index in [1.165, 1.54) is 3.97 Å². The van der Waals surface area contributed by atoms with Crippen molar-refractivity contribution >= 4 is 36.9 Å². The van der Waals surface area contributed by atoms with E-state index in [0.717, 1.165) is 42.8 Å². The molecule has 1 aliphatic heterocycles. The van der Waals surface area contributed by atoms with Crippen molar-refractivity contribution in [2.45, 2.75) is 44.1 Å². The quantitative estimate of drug-likeness (QED) is 0.474. The second kappa shape index (κ2) is 8.36. The summed E-state index contributed by atoms with van der Waals surface area (Å²) in [6.45, 7) is 9.13. The van der Waals surface area contributed by atoms with Crippen molar-refractivity contribution < 1.29 is 13.2 Å². The molecule has 0 N–H and O–H groups in total. The maximum Gasteiger partial charge on any atom is 0.269 e. The first-order chi connectivity index (χ1) is 14.3. The van der Waals surface area contributed by atoms with E-state index in [4.69, 9.17) is 4.74 Å². The number of fused-ring (bicyclic) bond motifs is 1. The Morgan fingerprint density at radius 1 is 1.20 bits per heavy atom. The Labute approximate surface area is 186 Å². The van der Waals surface area contributed by atoms with Crippen LogP contribution in [0.15, 0.2) is 58.0 Å². The number of halogens is 1. The van der Waals surface area contributed by atoms with Gasteiger partial charge < -0.3 is 9.64 Å². The number of hydrogen-bond acceptors (Lipinski definition) is 4. The SMILES string of the molecule is CCN1CCC(c2cn(S(=O)(=O)c3ccccc3Br)c3ccc(OC(C)C)cc23)C1. The van der Waals surface area contributed by atoms with Gasteiger partial charge in [-0.05, 0) is 91.1 Å². The highest BCUT2D eigenvalue weighted by atomic mass is 79.9. The summed E-state index contributed by atoms with van der Waals surface area (Å²) < 4.78 is 35.0. The van der Waals surface area contributed by atoms with Crippen molar-refractivity contribution in [3.05, 3.63) is 58.7 Å². The van der Waals surface area contributed by atoms with Crippen molar-refractivity contribution in [1.29, 1.82) is 0 Å². The molecular weight excluding hydrogens is 464 g/mol. The number of likely N-dealkylation sites (N-methyl/N-ethyl adjacent to an activating group) is 1. The van der Waals surface area contributed by atoms with Gasteiger partial charge in [0.05, 0.1) is 11.6 Å². The number of rotatable bonds is 6. The highest BCUT2D eigenvalue weighted by molar-refractivity contribution is 9.10. The lowest BCUT2D eigenvalue weighted by molar-refractivity contribution is 0.243. The maximum atomic E-state index is 13.6. The Hall–Kier alpha value is -1.83. The zero-order chi connectivity index (χ0) is 21.5. The highest BCUT2D eigenvalue weighted by Gasteiger charge is 2.29. The number of likely N-dealkylation sites (tertiary alicyclic amines) is 1. The Kier molecular flexibility index (Phi) is 5.97. The van der Waals surface area contributed by atoms with E-state index in [9.17, 15) is 8.42 Å². The van der Waals surface area contributed by atoms with Crippen molar-refractivity contribution in [2.24, 2.45) is 0 Å². The molecule has 1 atom stereocenters. The van der Waals surface area contributed by atoms with Crippen LogP contribution in [0.3, 0.4) is 0 Å². The summed E-state index contributed by atoms with van der Waals surface area (Å²) in [6, 6.07) is 12.7. The van der Waals surface area contributed by atoms with Gasteiger partial charge in [0, 0.05) is 22.6 Å². The van der Waals surface area contributed by atoms with Crippen LogP contribution >= 0.6 is 15.9 Å². The van der Waals surface area contributed by atoms with Gasteiger partial charge in [-0.25, -0.2) is 12.4 Å². The highest BCUT2D eigenvalue weighted by Crippen LogP contribution is 2.37. The second-order valence-electron chi connectivity index (χ2n) is 8.04. The first-order valence-electron chi connectivity index (χ1n) is 10.4. The van der Waals surface area contributed by atoms with Crippen molar-refractivity contribution in [3.63, 3.8) is 0 Å². The summed E-state index contributed by atoms with van der Waals surface area (Å²) in [5.74, 6) is 1.07. The van der Waals surface area contributed by atoms with Crippen LogP contribution < -0.4 is 4.74 Å². The molecule has 1 aromatic heterocycles. The van der Waals surface area contributed by atoms with Gasteiger partial charge in [0.15, 0.2) is 0 Å². The van der Waals surface area contributed by atoms with Gasteiger partial charge in [-0.3, -0.25) is 0 Å². The van der Waals surface area contributed by atoms with Crippen LogP contribution in [0.1, 0.15) is 38.7 Å². The van der Waals surface area contributed by atoms with Crippen LogP contribution in [0.2, 0.25) is 0 Å². The predicted molar refractivity (Wildman–Crippen MR) is 124 cm³/mol. The van der Waals surface area contributed by atoms with Crippen LogP contribution in [-0.4, -0.2) is 43.0 Å². The third kappa shape index (κ3) is 3.90. The van der Waals surface area contributed by atoms with Crippen LogP contribution in [0.4, 0.5) is 0 Å². The smallest absolute Gasteiger partial charge is 0.269 e. The molecule has 0 amide bonds. The Balaban J connectivity index is 1.89. The fourth-order valence-electron chi connectivity index (χ4n) is 4.21. The van der Waals surface area contributed by atoms with E-state index in [1.807, 2.05) is 44.3 Å². The molecule has 5 nitrogen and oxygen atoms in total. The van der Waals surface area contributed by atoms with E-state index >= 15 is 0 Å². The van der Waals surface area contributed by atoms with E-state index in [-0.39, 0.29) is 11.0 Å². The third-order valence-corrected chi connectivity index (χ3v) is 8.36. The van der Waals surface area contributed by atoms with Crippen LogP contribution in [0, 0.1) is 0 Å². The number of hydrogen-bond donors (Lipinski definition) is 0. The Morgan fingerprint density at radius 2 is 1.97 bits per heavy atom. The van der Waals surface area contributed by atoms with Crippen molar-refractivity contribution in [1.82, 2.24) is 8.87 Å². The minimum atomic E-state index is -3.74. The lowest BCUT2D eigenvalue weighted by Crippen LogP contribution is -2.19. The minimum Gasteiger partial charge on any atom is -0.491 e. The van der Waals surface area contributed by atoms with Gasteiger partial charge >= 0.3 is 0 Å². The number of ether oxygens (including phenoxy) is 1. The lowest BCUT2D eigenvalue weighted by atomic mass is 9.98. The summed E-state index contributed by atoms with van der Waals surface area (Å²) in [6.07, 6.45) is 2.90. The van der Waals surface area contributed by atoms with E-state index in [2.05, 4.69) is 27.8 Å². The first kappa shape index (κ1) is 21.4. The zero-order valence-electron chi connectivity index (χ0n) is 17.5. The van der Waals surface area contributed by atoms with E-state index in [1.54, 1.807) is 18.2 Å².